The minimum atomic E-state index is -3.82. The molecule has 0 saturated heterocycles. The molecule has 7 heteroatoms. The van der Waals surface area contributed by atoms with E-state index < -0.39 is 15.8 Å². The molecule has 0 saturated carbocycles. The van der Waals surface area contributed by atoms with Crippen LogP contribution in [0.3, 0.4) is 0 Å². The summed E-state index contributed by atoms with van der Waals surface area (Å²) < 4.78 is 40.6. The van der Waals surface area contributed by atoms with Crippen LogP contribution < -0.4 is 10.0 Å². The van der Waals surface area contributed by atoms with Crippen LogP contribution in [0.25, 0.3) is 0 Å². The van der Waals surface area contributed by atoms with E-state index in [0.717, 1.165) is 5.56 Å². The van der Waals surface area contributed by atoms with E-state index in [0.29, 0.717) is 6.54 Å². The molecule has 1 rings (SSSR count). The Labute approximate surface area is 131 Å². The van der Waals surface area contributed by atoms with Crippen molar-refractivity contribution < 1.29 is 12.8 Å². The zero-order valence-corrected chi connectivity index (χ0v) is 14.4. The van der Waals surface area contributed by atoms with Crippen molar-refractivity contribution in [2.24, 2.45) is 0 Å². The van der Waals surface area contributed by atoms with Gasteiger partial charge in [0.05, 0.1) is 0 Å². The van der Waals surface area contributed by atoms with Gasteiger partial charge in [0.25, 0.3) is 0 Å². The van der Waals surface area contributed by atoms with Crippen LogP contribution in [-0.4, -0.2) is 32.5 Å². The first-order valence-electron chi connectivity index (χ1n) is 6.80. The molecule has 1 atom stereocenters. The molecular weight excluding hydrogens is 311 g/mol. The van der Waals surface area contributed by atoms with Gasteiger partial charge in [-0.05, 0) is 24.0 Å². The highest BCUT2D eigenvalue weighted by Gasteiger charge is 2.20. The Morgan fingerprint density at radius 2 is 1.95 bits per heavy atom. The van der Waals surface area contributed by atoms with Gasteiger partial charge in [0, 0.05) is 24.4 Å². The molecule has 0 heterocycles. The molecule has 1 unspecified atom stereocenters. The molecule has 4 nitrogen and oxygen atoms in total. The van der Waals surface area contributed by atoms with Gasteiger partial charge in [-0.2, -0.15) is 11.8 Å². The average Bonchev–Trinajstić information content (AvgIpc) is 2.43. The van der Waals surface area contributed by atoms with Crippen LogP contribution in [0.4, 0.5) is 4.39 Å². The monoisotopic (exact) mass is 334 g/mol. The lowest BCUT2D eigenvalue weighted by atomic mass is 10.2. The number of thioether (sulfide) groups is 1. The quantitative estimate of drug-likeness (QED) is 0.766. The van der Waals surface area contributed by atoms with Gasteiger partial charge in [-0.15, -0.1) is 0 Å². The number of nitrogens with one attached hydrogen (secondary N) is 2. The van der Waals surface area contributed by atoms with Gasteiger partial charge in [-0.1, -0.05) is 26.8 Å². The maximum atomic E-state index is 13.8. The Morgan fingerprint density at radius 3 is 2.52 bits per heavy atom. The summed E-state index contributed by atoms with van der Waals surface area (Å²) in [6.45, 7) is 6.67. The first-order valence-corrected chi connectivity index (χ1v) is 9.57. The zero-order valence-electron chi connectivity index (χ0n) is 12.8. The first kappa shape index (κ1) is 18.4. The maximum absolute atomic E-state index is 13.8. The second-order valence-corrected chi connectivity index (χ2v) is 8.21. The molecule has 0 radical (unpaired) electrons. The third-order valence-corrected chi connectivity index (χ3v) is 5.37. The number of halogens is 1. The summed E-state index contributed by atoms with van der Waals surface area (Å²) in [6, 6.07) is 4.45. The second-order valence-electron chi connectivity index (χ2n) is 5.20. The molecule has 1 aromatic rings. The van der Waals surface area contributed by atoms with Crippen molar-refractivity contribution in [1.82, 2.24) is 10.0 Å². The Bertz CT molecular complexity index is 562. The van der Waals surface area contributed by atoms with E-state index in [1.165, 1.54) is 12.1 Å². The summed E-state index contributed by atoms with van der Waals surface area (Å²) in [4.78, 5) is -0.293. The predicted octanol–water partition coefficient (Wildman–Crippen LogP) is 2.35. The standard InChI is InChI=1S/C14H23FN2O2S2/c1-10(2)16-9-12-5-6-13(15)14(7-12)21(18,19)17-8-11(3)20-4/h5-7,10-11,16-17H,8-9H2,1-4H3. The van der Waals surface area contributed by atoms with E-state index >= 15 is 0 Å². The Kier molecular flexibility index (Phi) is 7.12. The SMILES string of the molecule is CSC(C)CNS(=O)(=O)c1cc(CNC(C)C)ccc1F. The van der Waals surface area contributed by atoms with E-state index in [2.05, 4.69) is 10.0 Å². The summed E-state index contributed by atoms with van der Waals surface area (Å²) in [5.74, 6) is -0.729. The number of rotatable bonds is 8. The topological polar surface area (TPSA) is 58.2 Å². The van der Waals surface area contributed by atoms with Crippen molar-refractivity contribution in [3.05, 3.63) is 29.6 Å². The van der Waals surface area contributed by atoms with E-state index in [1.54, 1.807) is 17.8 Å². The molecule has 1 aromatic carbocycles. The Balaban J connectivity index is 2.91. The fraction of sp³-hybridized carbons (Fsp3) is 0.571. The summed E-state index contributed by atoms with van der Waals surface area (Å²) in [6.07, 6.45) is 1.90. The van der Waals surface area contributed by atoms with Gasteiger partial charge in [0.15, 0.2) is 0 Å². The van der Waals surface area contributed by atoms with Gasteiger partial charge in [0.2, 0.25) is 10.0 Å². The molecule has 0 bridgehead atoms. The molecule has 120 valence electrons. The van der Waals surface area contributed by atoms with Crippen molar-refractivity contribution in [2.75, 3.05) is 12.8 Å². The summed E-state index contributed by atoms with van der Waals surface area (Å²) >= 11 is 1.55. The predicted molar refractivity (Wildman–Crippen MR) is 86.5 cm³/mol. The van der Waals surface area contributed by atoms with E-state index in [9.17, 15) is 12.8 Å². The number of hydrogen-bond donors (Lipinski definition) is 2. The second kappa shape index (κ2) is 8.12. The summed E-state index contributed by atoms with van der Waals surface area (Å²) in [7, 11) is -3.82. The largest absolute Gasteiger partial charge is 0.310 e. The van der Waals surface area contributed by atoms with Crippen molar-refractivity contribution in [3.8, 4) is 0 Å². The number of sulfonamides is 1. The van der Waals surface area contributed by atoms with Crippen LogP contribution in [0.1, 0.15) is 26.3 Å². The van der Waals surface area contributed by atoms with Gasteiger partial charge in [0.1, 0.15) is 10.7 Å². The fourth-order valence-corrected chi connectivity index (χ4v) is 3.19. The molecule has 0 aliphatic carbocycles. The highest BCUT2D eigenvalue weighted by Crippen LogP contribution is 2.17. The molecule has 21 heavy (non-hydrogen) atoms. The van der Waals surface area contributed by atoms with Crippen LogP contribution >= 0.6 is 11.8 Å². The van der Waals surface area contributed by atoms with Crippen molar-refractivity contribution in [2.45, 2.75) is 43.5 Å². The zero-order chi connectivity index (χ0) is 16.0. The van der Waals surface area contributed by atoms with E-state index in [4.69, 9.17) is 0 Å². The summed E-state index contributed by atoms with van der Waals surface area (Å²) in [5.41, 5.74) is 0.739. The van der Waals surface area contributed by atoms with Crippen LogP contribution in [0.5, 0.6) is 0 Å². The molecule has 0 aromatic heterocycles. The van der Waals surface area contributed by atoms with Crippen LogP contribution in [-0.2, 0) is 16.6 Å². The van der Waals surface area contributed by atoms with Gasteiger partial charge >= 0.3 is 0 Å². The van der Waals surface area contributed by atoms with Gasteiger partial charge < -0.3 is 5.32 Å². The maximum Gasteiger partial charge on any atom is 0.243 e. The van der Waals surface area contributed by atoms with Crippen molar-refractivity contribution in [3.63, 3.8) is 0 Å². The fourth-order valence-electron chi connectivity index (χ4n) is 1.57. The lowest BCUT2D eigenvalue weighted by Crippen LogP contribution is -2.30. The van der Waals surface area contributed by atoms with E-state index in [-0.39, 0.29) is 22.7 Å². The third kappa shape index (κ3) is 5.94. The van der Waals surface area contributed by atoms with Crippen molar-refractivity contribution >= 4 is 21.8 Å². The highest BCUT2D eigenvalue weighted by atomic mass is 32.2. The lowest BCUT2D eigenvalue weighted by molar-refractivity contribution is 0.553. The summed E-state index contributed by atoms with van der Waals surface area (Å²) in [5, 5.41) is 3.31. The van der Waals surface area contributed by atoms with E-state index in [1.807, 2.05) is 27.0 Å². The molecule has 0 aliphatic heterocycles. The van der Waals surface area contributed by atoms with Crippen LogP contribution in [0.15, 0.2) is 23.1 Å². The molecule has 2 N–H and O–H groups in total. The third-order valence-electron chi connectivity index (χ3n) is 2.96. The first-order chi connectivity index (χ1) is 9.76. The van der Waals surface area contributed by atoms with Gasteiger partial charge in [-0.25, -0.2) is 17.5 Å². The van der Waals surface area contributed by atoms with Gasteiger partial charge in [-0.3, -0.25) is 0 Å². The Hall–Kier alpha value is -0.630. The minimum Gasteiger partial charge on any atom is -0.310 e. The average molecular weight is 334 g/mol. The highest BCUT2D eigenvalue weighted by molar-refractivity contribution is 7.99. The smallest absolute Gasteiger partial charge is 0.243 e. The molecule has 0 aliphatic rings. The molecular formula is C14H23FN2O2S2. The molecule has 0 amide bonds. The molecule has 0 fully saturated rings. The number of hydrogen-bond acceptors (Lipinski definition) is 4. The minimum absolute atomic E-state index is 0.133. The molecule has 0 spiro atoms. The lowest BCUT2D eigenvalue weighted by Gasteiger charge is -2.13. The van der Waals surface area contributed by atoms with Crippen molar-refractivity contribution in [1.29, 1.82) is 0 Å². The Morgan fingerprint density at radius 1 is 1.29 bits per heavy atom. The van der Waals surface area contributed by atoms with Crippen LogP contribution in [0.2, 0.25) is 0 Å². The van der Waals surface area contributed by atoms with Crippen LogP contribution in [0, 0.1) is 5.82 Å². The number of benzene rings is 1. The normalized spacial score (nSPS) is 13.6.